The van der Waals surface area contributed by atoms with Crippen molar-refractivity contribution in [3.8, 4) is 0 Å². The minimum atomic E-state index is -0.170. The van der Waals surface area contributed by atoms with Crippen LogP contribution in [0.2, 0.25) is 0 Å². The highest BCUT2D eigenvalue weighted by Gasteiger charge is 2.37. The molecule has 0 bridgehead atoms. The zero-order valence-electron chi connectivity index (χ0n) is 16.3. The van der Waals surface area contributed by atoms with Gasteiger partial charge in [0.05, 0.1) is 6.54 Å². The molecule has 1 aromatic carbocycles. The van der Waals surface area contributed by atoms with E-state index in [1.165, 1.54) is 24.2 Å². The Morgan fingerprint density at radius 1 is 0.929 bits per heavy atom. The lowest BCUT2D eigenvalue weighted by Crippen LogP contribution is -2.45. The van der Waals surface area contributed by atoms with Crippen LogP contribution in [0, 0.1) is 5.82 Å². The predicted molar refractivity (Wildman–Crippen MR) is 105 cm³/mol. The molecule has 5 rings (SSSR count). The van der Waals surface area contributed by atoms with Crippen LogP contribution in [0.25, 0.3) is 0 Å². The third-order valence-electron chi connectivity index (χ3n) is 6.39. The van der Waals surface area contributed by atoms with E-state index in [4.69, 9.17) is 5.73 Å². The lowest BCUT2D eigenvalue weighted by Gasteiger charge is -2.35. The number of nitrogens with zero attached hydrogens (tertiary/aromatic N) is 5. The molecule has 2 heterocycles. The average molecular weight is 385 g/mol. The van der Waals surface area contributed by atoms with Crippen molar-refractivity contribution in [1.29, 1.82) is 0 Å². The Balaban J connectivity index is 1.18. The first-order chi connectivity index (χ1) is 13.7. The average Bonchev–Trinajstić information content (AvgIpc) is 3.43. The summed E-state index contributed by atoms with van der Waals surface area (Å²) in [7, 11) is 0. The van der Waals surface area contributed by atoms with Crippen LogP contribution in [-0.4, -0.2) is 56.8 Å². The molecule has 3 aliphatic rings. The molecule has 1 aliphatic heterocycles. The van der Waals surface area contributed by atoms with Crippen molar-refractivity contribution in [2.45, 2.75) is 56.8 Å². The van der Waals surface area contributed by atoms with E-state index in [0.29, 0.717) is 18.0 Å². The fourth-order valence-corrected chi connectivity index (χ4v) is 4.48. The van der Waals surface area contributed by atoms with Crippen molar-refractivity contribution in [3.05, 3.63) is 47.3 Å². The maximum atomic E-state index is 13.1. The van der Waals surface area contributed by atoms with Gasteiger partial charge < -0.3 is 10.3 Å². The molecular formula is C21H29FN6. The lowest BCUT2D eigenvalue weighted by molar-refractivity contribution is 0.118. The first-order valence-corrected chi connectivity index (χ1v) is 10.5. The minimum Gasteiger partial charge on any atom is -0.328 e. The highest BCUT2D eigenvalue weighted by atomic mass is 19.1. The SMILES string of the molecule is NC1CC(c2nnc(CN3CCN(Cc4ccc(F)cc4)CC3)n2C2CC2)C1. The van der Waals surface area contributed by atoms with Crippen molar-refractivity contribution >= 4 is 0 Å². The van der Waals surface area contributed by atoms with E-state index in [9.17, 15) is 4.39 Å². The molecule has 0 spiro atoms. The van der Waals surface area contributed by atoms with Gasteiger partial charge in [-0.1, -0.05) is 12.1 Å². The third-order valence-corrected chi connectivity index (χ3v) is 6.39. The quantitative estimate of drug-likeness (QED) is 0.828. The predicted octanol–water partition coefficient (Wildman–Crippen LogP) is 2.27. The number of benzene rings is 1. The van der Waals surface area contributed by atoms with E-state index in [1.54, 1.807) is 12.1 Å². The number of halogens is 1. The van der Waals surface area contributed by atoms with Crippen molar-refractivity contribution < 1.29 is 4.39 Å². The molecule has 2 aromatic rings. The molecule has 1 saturated heterocycles. The maximum absolute atomic E-state index is 13.1. The highest BCUT2D eigenvalue weighted by molar-refractivity contribution is 5.16. The molecule has 150 valence electrons. The maximum Gasteiger partial charge on any atom is 0.147 e. The minimum absolute atomic E-state index is 0.170. The van der Waals surface area contributed by atoms with Crippen LogP contribution >= 0.6 is 0 Å². The van der Waals surface area contributed by atoms with Crippen molar-refractivity contribution in [1.82, 2.24) is 24.6 Å². The van der Waals surface area contributed by atoms with Gasteiger partial charge in [-0.3, -0.25) is 9.80 Å². The summed E-state index contributed by atoms with van der Waals surface area (Å²) < 4.78 is 15.5. The molecule has 6 nitrogen and oxygen atoms in total. The molecule has 3 fully saturated rings. The number of nitrogens with two attached hydrogens (primary N) is 1. The first kappa shape index (κ1) is 18.2. The van der Waals surface area contributed by atoms with E-state index >= 15 is 0 Å². The lowest BCUT2D eigenvalue weighted by atomic mass is 9.80. The van der Waals surface area contributed by atoms with Gasteiger partial charge in [0.1, 0.15) is 17.5 Å². The molecule has 2 N–H and O–H groups in total. The number of piperazine rings is 1. The van der Waals surface area contributed by atoms with Crippen LogP contribution in [0.15, 0.2) is 24.3 Å². The molecule has 1 aromatic heterocycles. The van der Waals surface area contributed by atoms with Crippen LogP contribution in [0.4, 0.5) is 4.39 Å². The Kier molecular flexibility index (Phi) is 4.90. The van der Waals surface area contributed by atoms with Crippen LogP contribution < -0.4 is 5.73 Å². The largest absolute Gasteiger partial charge is 0.328 e. The van der Waals surface area contributed by atoms with Gasteiger partial charge in [0, 0.05) is 50.7 Å². The van der Waals surface area contributed by atoms with Gasteiger partial charge in [0.25, 0.3) is 0 Å². The summed E-state index contributed by atoms with van der Waals surface area (Å²) in [5.41, 5.74) is 7.16. The van der Waals surface area contributed by atoms with E-state index in [0.717, 1.165) is 57.9 Å². The van der Waals surface area contributed by atoms with Gasteiger partial charge in [-0.15, -0.1) is 10.2 Å². The zero-order valence-corrected chi connectivity index (χ0v) is 16.3. The van der Waals surface area contributed by atoms with Crippen molar-refractivity contribution in [2.75, 3.05) is 26.2 Å². The second-order valence-corrected chi connectivity index (χ2v) is 8.68. The van der Waals surface area contributed by atoms with Gasteiger partial charge in [0.2, 0.25) is 0 Å². The summed E-state index contributed by atoms with van der Waals surface area (Å²) >= 11 is 0. The second-order valence-electron chi connectivity index (χ2n) is 8.68. The summed E-state index contributed by atoms with van der Waals surface area (Å²) in [4.78, 5) is 4.93. The van der Waals surface area contributed by atoms with Gasteiger partial charge in [-0.25, -0.2) is 4.39 Å². The first-order valence-electron chi connectivity index (χ1n) is 10.5. The van der Waals surface area contributed by atoms with Gasteiger partial charge in [-0.05, 0) is 43.4 Å². The van der Waals surface area contributed by atoms with E-state index in [1.807, 2.05) is 12.1 Å². The number of aromatic nitrogens is 3. The Hall–Kier alpha value is -1.83. The van der Waals surface area contributed by atoms with Gasteiger partial charge in [0.15, 0.2) is 0 Å². The molecule has 0 atom stereocenters. The Morgan fingerprint density at radius 3 is 2.18 bits per heavy atom. The topological polar surface area (TPSA) is 63.2 Å². The Morgan fingerprint density at radius 2 is 1.57 bits per heavy atom. The second kappa shape index (κ2) is 7.54. The number of rotatable bonds is 6. The van der Waals surface area contributed by atoms with Crippen LogP contribution in [0.3, 0.4) is 0 Å². The fourth-order valence-electron chi connectivity index (χ4n) is 4.48. The molecule has 2 aliphatic carbocycles. The summed E-state index contributed by atoms with van der Waals surface area (Å²) in [6.45, 7) is 5.88. The van der Waals surface area contributed by atoms with Gasteiger partial charge in [-0.2, -0.15) is 0 Å². The smallest absolute Gasteiger partial charge is 0.147 e. The third kappa shape index (κ3) is 3.83. The summed E-state index contributed by atoms with van der Waals surface area (Å²) in [5.74, 6) is 2.64. The normalized spacial score (nSPS) is 26.4. The number of hydrogen-bond donors (Lipinski definition) is 1. The molecular weight excluding hydrogens is 355 g/mol. The molecule has 0 radical (unpaired) electrons. The highest BCUT2D eigenvalue weighted by Crippen LogP contribution is 2.42. The Bertz CT molecular complexity index is 801. The van der Waals surface area contributed by atoms with Crippen LogP contribution in [0.5, 0.6) is 0 Å². The monoisotopic (exact) mass is 384 g/mol. The fraction of sp³-hybridized carbons (Fsp3) is 0.619. The molecule has 7 heteroatoms. The van der Waals surface area contributed by atoms with Crippen molar-refractivity contribution in [3.63, 3.8) is 0 Å². The summed E-state index contributed by atoms with van der Waals surface area (Å²) in [6.07, 6.45) is 4.60. The van der Waals surface area contributed by atoms with Crippen molar-refractivity contribution in [2.24, 2.45) is 5.73 Å². The zero-order chi connectivity index (χ0) is 19.1. The van der Waals surface area contributed by atoms with Gasteiger partial charge >= 0.3 is 0 Å². The number of hydrogen-bond acceptors (Lipinski definition) is 5. The van der Waals surface area contributed by atoms with E-state index in [2.05, 4.69) is 24.6 Å². The van der Waals surface area contributed by atoms with E-state index in [-0.39, 0.29) is 5.82 Å². The molecule has 0 amide bonds. The Labute approximate surface area is 165 Å². The van der Waals surface area contributed by atoms with Crippen LogP contribution in [0.1, 0.15) is 54.9 Å². The van der Waals surface area contributed by atoms with E-state index < -0.39 is 0 Å². The summed E-state index contributed by atoms with van der Waals surface area (Å²) in [5, 5.41) is 9.14. The standard InChI is InChI=1S/C21H29FN6/c22-17-3-1-15(2-4-17)13-26-7-9-27(10-8-26)14-20-24-25-21(16-11-18(23)12-16)28(20)19-5-6-19/h1-4,16,18-19H,5-14,23H2. The molecule has 0 unspecified atom stereocenters. The molecule has 28 heavy (non-hydrogen) atoms. The van der Waals surface area contributed by atoms with Crippen LogP contribution in [-0.2, 0) is 13.1 Å². The molecule has 2 saturated carbocycles. The summed E-state index contributed by atoms with van der Waals surface area (Å²) in [6, 6.07) is 7.80.